The lowest BCUT2D eigenvalue weighted by molar-refractivity contribution is -0.141. The van der Waals surface area contributed by atoms with Gasteiger partial charge in [0, 0.05) is 5.39 Å². The highest BCUT2D eigenvalue weighted by Gasteiger charge is 2.34. The smallest absolute Gasteiger partial charge is 0.397 e. The first-order valence-electron chi connectivity index (χ1n) is 7.42. The summed E-state index contributed by atoms with van der Waals surface area (Å²) in [7, 11) is 0. The minimum atomic E-state index is -4.57. The van der Waals surface area contributed by atoms with Crippen LogP contribution in [0.5, 0.6) is 0 Å². The number of aromatic nitrogens is 1. The normalized spacial score (nSPS) is 11.8. The number of anilines is 2. The zero-order chi connectivity index (χ0) is 19.2. The van der Waals surface area contributed by atoms with Crippen LogP contribution in [0.3, 0.4) is 0 Å². The van der Waals surface area contributed by atoms with Crippen LogP contribution in [-0.2, 0) is 6.18 Å². The number of hydrogen-bond donors (Lipinski definition) is 2. The third kappa shape index (κ3) is 3.34. The van der Waals surface area contributed by atoms with Crippen LogP contribution in [0, 0.1) is 13.8 Å². The van der Waals surface area contributed by atoms with Crippen LogP contribution in [0.4, 0.5) is 24.5 Å². The van der Waals surface area contributed by atoms with E-state index >= 15 is 0 Å². The van der Waals surface area contributed by atoms with Gasteiger partial charge in [0.25, 0.3) is 5.91 Å². The fraction of sp³-hybridized carbons (Fsp3) is 0.176. The van der Waals surface area contributed by atoms with Crippen LogP contribution in [0.1, 0.15) is 26.5 Å². The largest absolute Gasteiger partial charge is 0.433 e. The minimum Gasteiger partial charge on any atom is -0.397 e. The van der Waals surface area contributed by atoms with Crippen molar-refractivity contribution in [3.05, 3.63) is 51.0 Å². The van der Waals surface area contributed by atoms with Crippen molar-refractivity contribution in [3.8, 4) is 0 Å². The number of aryl methyl sites for hydroxylation is 2. The maximum atomic E-state index is 12.9. The molecule has 0 aliphatic heterocycles. The third-order valence-electron chi connectivity index (χ3n) is 3.77. The van der Waals surface area contributed by atoms with Crippen LogP contribution >= 0.6 is 22.9 Å². The lowest BCUT2D eigenvalue weighted by atomic mass is 10.1. The summed E-state index contributed by atoms with van der Waals surface area (Å²) in [5.74, 6) is -0.552. The summed E-state index contributed by atoms with van der Waals surface area (Å²) in [5, 5.41) is 3.33. The zero-order valence-electron chi connectivity index (χ0n) is 13.7. The lowest BCUT2D eigenvalue weighted by Crippen LogP contribution is -2.12. The van der Waals surface area contributed by atoms with Crippen molar-refractivity contribution in [2.24, 2.45) is 0 Å². The quantitative estimate of drug-likeness (QED) is 0.604. The number of benzene rings is 1. The van der Waals surface area contributed by atoms with Gasteiger partial charge in [0.15, 0.2) is 0 Å². The molecule has 0 spiro atoms. The molecule has 0 atom stereocenters. The van der Waals surface area contributed by atoms with Gasteiger partial charge < -0.3 is 11.1 Å². The summed E-state index contributed by atoms with van der Waals surface area (Å²) in [6, 6.07) is 6.03. The van der Waals surface area contributed by atoms with Crippen molar-refractivity contribution in [1.29, 1.82) is 0 Å². The number of halogens is 4. The van der Waals surface area contributed by atoms with Gasteiger partial charge in [-0.05, 0) is 43.2 Å². The first kappa shape index (κ1) is 18.5. The standard InChI is InChI=1S/C17H13ClF3N3OS/c1-7-3-4-10(9(18)5-7)23-15(25)14-13(22)12-8(2)6-11(17(19,20)21)24-16(12)26-14/h3-6H,22H2,1-2H3,(H,23,25). The van der Waals surface area contributed by atoms with Gasteiger partial charge in [-0.25, -0.2) is 4.98 Å². The van der Waals surface area contributed by atoms with Crippen molar-refractivity contribution < 1.29 is 18.0 Å². The van der Waals surface area contributed by atoms with E-state index in [4.69, 9.17) is 17.3 Å². The molecule has 0 fully saturated rings. The van der Waals surface area contributed by atoms with Crippen LogP contribution in [-0.4, -0.2) is 10.9 Å². The number of hydrogen-bond acceptors (Lipinski definition) is 4. The van der Waals surface area contributed by atoms with E-state index in [2.05, 4.69) is 10.3 Å². The SMILES string of the molecule is Cc1ccc(NC(=O)c2sc3nc(C(F)(F)F)cc(C)c3c2N)c(Cl)c1. The Morgan fingerprint density at radius 3 is 2.58 bits per heavy atom. The second kappa shape index (κ2) is 6.44. The molecule has 1 aromatic carbocycles. The Bertz CT molecular complexity index is 1030. The van der Waals surface area contributed by atoms with E-state index < -0.39 is 17.8 Å². The van der Waals surface area contributed by atoms with Crippen LogP contribution in [0.25, 0.3) is 10.2 Å². The summed E-state index contributed by atoms with van der Waals surface area (Å²) in [6.07, 6.45) is -4.57. The van der Waals surface area contributed by atoms with Crippen molar-refractivity contribution in [1.82, 2.24) is 4.98 Å². The average Bonchev–Trinajstić information content (AvgIpc) is 2.87. The summed E-state index contributed by atoms with van der Waals surface area (Å²) in [4.78, 5) is 16.3. The Morgan fingerprint density at radius 1 is 1.27 bits per heavy atom. The fourth-order valence-electron chi connectivity index (χ4n) is 2.52. The van der Waals surface area contributed by atoms with E-state index in [1.54, 1.807) is 18.2 Å². The Balaban J connectivity index is 2.03. The van der Waals surface area contributed by atoms with Crippen LogP contribution in [0.2, 0.25) is 5.02 Å². The van der Waals surface area contributed by atoms with E-state index in [0.717, 1.165) is 23.0 Å². The highest BCUT2D eigenvalue weighted by molar-refractivity contribution is 7.21. The number of nitrogens with two attached hydrogens (primary N) is 1. The van der Waals surface area contributed by atoms with Crippen molar-refractivity contribution in [2.75, 3.05) is 11.1 Å². The van der Waals surface area contributed by atoms with Crippen molar-refractivity contribution in [3.63, 3.8) is 0 Å². The Morgan fingerprint density at radius 2 is 1.96 bits per heavy atom. The number of nitrogen functional groups attached to an aromatic ring is 1. The summed E-state index contributed by atoms with van der Waals surface area (Å²) >= 11 is 6.91. The predicted octanol–water partition coefficient (Wildman–Crippen LogP) is 5.42. The van der Waals surface area contributed by atoms with Gasteiger partial charge in [0.1, 0.15) is 15.4 Å². The first-order chi connectivity index (χ1) is 12.1. The molecule has 1 amide bonds. The molecule has 0 aliphatic rings. The molecule has 0 saturated heterocycles. The van der Waals surface area contributed by atoms with Crippen LogP contribution < -0.4 is 11.1 Å². The molecule has 0 saturated carbocycles. The fourth-order valence-corrected chi connectivity index (χ4v) is 3.87. The number of nitrogens with zero attached hydrogens (tertiary/aromatic N) is 1. The number of thiophene rings is 1. The number of amides is 1. The molecule has 9 heteroatoms. The molecule has 0 bridgehead atoms. The maximum absolute atomic E-state index is 12.9. The monoisotopic (exact) mass is 399 g/mol. The first-order valence-corrected chi connectivity index (χ1v) is 8.61. The van der Waals surface area contributed by atoms with Crippen molar-refractivity contribution >= 4 is 50.4 Å². The number of carbonyl (C=O) groups is 1. The molecule has 0 radical (unpaired) electrons. The van der Waals surface area contributed by atoms with Gasteiger partial charge in [-0.1, -0.05) is 17.7 Å². The number of carbonyl (C=O) groups excluding carboxylic acids is 1. The third-order valence-corrected chi connectivity index (χ3v) is 5.18. The van der Waals surface area contributed by atoms with Gasteiger partial charge in [0.2, 0.25) is 0 Å². The van der Waals surface area contributed by atoms with Crippen molar-refractivity contribution in [2.45, 2.75) is 20.0 Å². The molecular formula is C17H13ClF3N3OS. The molecule has 3 N–H and O–H groups in total. The number of pyridine rings is 1. The Hall–Kier alpha value is -2.32. The molecule has 26 heavy (non-hydrogen) atoms. The van der Waals surface area contributed by atoms with Gasteiger partial charge in [-0.2, -0.15) is 13.2 Å². The molecule has 2 aromatic heterocycles. The molecule has 0 aliphatic carbocycles. The maximum Gasteiger partial charge on any atom is 0.433 e. The molecule has 0 unspecified atom stereocenters. The number of rotatable bonds is 2. The Kier molecular flexibility index (Phi) is 4.58. The molecule has 136 valence electrons. The molecule has 3 aromatic rings. The number of nitrogens with one attached hydrogen (secondary N) is 1. The van der Waals surface area contributed by atoms with Gasteiger partial charge >= 0.3 is 6.18 Å². The van der Waals surface area contributed by atoms with E-state index in [-0.39, 0.29) is 15.4 Å². The van der Waals surface area contributed by atoms with Gasteiger partial charge in [-0.3, -0.25) is 4.79 Å². The highest BCUT2D eigenvalue weighted by atomic mass is 35.5. The van der Waals surface area contributed by atoms with E-state index in [9.17, 15) is 18.0 Å². The topological polar surface area (TPSA) is 68.0 Å². The second-order valence-electron chi connectivity index (χ2n) is 5.78. The van der Waals surface area contributed by atoms with E-state index in [0.29, 0.717) is 21.7 Å². The van der Waals surface area contributed by atoms with E-state index in [1.165, 1.54) is 6.92 Å². The zero-order valence-corrected chi connectivity index (χ0v) is 15.2. The summed E-state index contributed by atoms with van der Waals surface area (Å²) < 4.78 is 38.8. The predicted molar refractivity (Wildman–Crippen MR) is 97.9 cm³/mol. The van der Waals surface area contributed by atoms with Gasteiger partial charge in [-0.15, -0.1) is 11.3 Å². The summed E-state index contributed by atoms with van der Waals surface area (Å²) in [6.45, 7) is 3.36. The molecule has 3 rings (SSSR count). The lowest BCUT2D eigenvalue weighted by Gasteiger charge is -2.08. The highest BCUT2D eigenvalue weighted by Crippen LogP contribution is 2.38. The van der Waals surface area contributed by atoms with E-state index in [1.807, 2.05) is 6.92 Å². The number of alkyl halides is 3. The summed E-state index contributed by atoms with van der Waals surface area (Å²) in [5.41, 5.74) is 6.72. The molecule has 4 nitrogen and oxygen atoms in total. The average molecular weight is 400 g/mol. The minimum absolute atomic E-state index is 0.0648. The van der Waals surface area contributed by atoms with Crippen LogP contribution in [0.15, 0.2) is 24.3 Å². The second-order valence-corrected chi connectivity index (χ2v) is 7.19. The molecular weight excluding hydrogens is 387 g/mol. The van der Waals surface area contributed by atoms with Gasteiger partial charge in [0.05, 0.1) is 16.4 Å². The number of fused-ring (bicyclic) bond motifs is 1. The Labute approximate surface area is 155 Å². The molecule has 2 heterocycles.